The highest BCUT2D eigenvalue weighted by Crippen LogP contribution is 2.28. The van der Waals surface area contributed by atoms with E-state index in [4.69, 9.17) is 4.42 Å². The molecule has 4 nitrogen and oxygen atoms in total. The van der Waals surface area contributed by atoms with Crippen molar-refractivity contribution in [1.82, 2.24) is 9.88 Å². The summed E-state index contributed by atoms with van der Waals surface area (Å²) >= 11 is 0. The van der Waals surface area contributed by atoms with E-state index in [1.807, 2.05) is 74.5 Å². The monoisotopic (exact) mass is 344 g/mol. The van der Waals surface area contributed by atoms with Crippen LogP contribution in [0.25, 0.3) is 21.9 Å². The number of benzene rings is 2. The third-order valence-electron chi connectivity index (χ3n) is 4.74. The van der Waals surface area contributed by atoms with E-state index in [2.05, 4.69) is 4.98 Å². The summed E-state index contributed by atoms with van der Waals surface area (Å²) in [5, 5.41) is 2.07. The van der Waals surface area contributed by atoms with Gasteiger partial charge in [-0.05, 0) is 38.1 Å². The lowest BCUT2D eigenvalue weighted by molar-refractivity contribution is 0.0679. The molecule has 0 aliphatic carbocycles. The van der Waals surface area contributed by atoms with Crippen LogP contribution in [0.4, 0.5) is 0 Å². The number of para-hydroxylation sites is 2. The quantitative estimate of drug-likeness (QED) is 0.511. The van der Waals surface area contributed by atoms with Crippen LogP contribution in [-0.4, -0.2) is 22.3 Å². The minimum absolute atomic E-state index is 0.0915. The van der Waals surface area contributed by atoms with Crippen LogP contribution in [-0.2, 0) is 0 Å². The topological polar surface area (TPSA) is 46.3 Å². The molecule has 4 rings (SSSR count). The Bertz CT molecular complexity index is 1050. The average Bonchev–Trinajstić information content (AvgIpc) is 3.12. The Hall–Kier alpha value is -3.14. The summed E-state index contributed by atoms with van der Waals surface area (Å²) in [5.41, 5.74) is 2.11. The van der Waals surface area contributed by atoms with Crippen LogP contribution < -0.4 is 0 Å². The van der Waals surface area contributed by atoms with Crippen molar-refractivity contribution in [3.8, 4) is 0 Å². The van der Waals surface area contributed by atoms with Crippen LogP contribution in [0.5, 0.6) is 0 Å². The van der Waals surface area contributed by atoms with Gasteiger partial charge in [-0.3, -0.25) is 4.79 Å². The van der Waals surface area contributed by atoms with Gasteiger partial charge in [0.05, 0.1) is 11.6 Å². The lowest BCUT2D eigenvalue weighted by Gasteiger charge is -2.26. The number of furan rings is 1. The molecular formula is C22H20N2O2. The van der Waals surface area contributed by atoms with Gasteiger partial charge in [-0.25, -0.2) is 4.98 Å². The second kappa shape index (κ2) is 6.64. The number of rotatable bonds is 4. The van der Waals surface area contributed by atoms with Crippen LogP contribution in [0.3, 0.4) is 0 Å². The molecule has 0 unspecified atom stereocenters. The fourth-order valence-electron chi connectivity index (χ4n) is 3.29. The molecule has 0 fully saturated rings. The zero-order valence-electron chi connectivity index (χ0n) is 14.8. The summed E-state index contributed by atoms with van der Waals surface area (Å²) in [6.45, 7) is 4.53. The SMILES string of the molecule is CCN(C(=O)c1ccc2ccccc2n1)[C@@H](C)c1cc2ccccc2o1. The number of hydrogen-bond donors (Lipinski definition) is 0. The molecule has 2 aromatic carbocycles. The number of carbonyl (C=O) groups excluding carboxylic acids is 1. The number of fused-ring (bicyclic) bond motifs is 2. The predicted octanol–water partition coefficient (Wildman–Crippen LogP) is 5.20. The zero-order chi connectivity index (χ0) is 18.1. The smallest absolute Gasteiger partial charge is 0.273 e. The van der Waals surface area contributed by atoms with E-state index in [0.717, 1.165) is 27.6 Å². The molecule has 0 aliphatic heterocycles. The van der Waals surface area contributed by atoms with Gasteiger partial charge in [-0.1, -0.05) is 42.5 Å². The molecule has 26 heavy (non-hydrogen) atoms. The van der Waals surface area contributed by atoms with Crippen molar-refractivity contribution < 1.29 is 9.21 Å². The van der Waals surface area contributed by atoms with E-state index in [1.54, 1.807) is 11.0 Å². The number of aromatic nitrogens is 1. The van der Waals surface area contributed by atoms with Gasteiger partial charge in [0.2, 0.25) is 0 Å². The first kappa shape index (κ1) is 16.3. The number of carbonyl (C=O) groups is 1. The first-order valence-corrected chi connectivity index (χ1v) is 8.82. The molecule has 0 radical (unpaired) electrons. The van der Waals surface area contributed by atoms with Crippen molar-refractivity contribution in [2.24, 2.45) is 0 Å². The maximum atomic E-state index is 13.1. The van der Waals surface area contributed by atoms with Crippen LogP contribution in [0.1, 0.15) is 36.1 Å². The van der Waals surface area contributed by atoms with Gasteiger partial charge < -0.3 is 9.32 Å². The van der Waals surface area contributed by atoms with Gasteiger partial charge in [0.25, 0.3) is 5.91 Å². The van der Waals surface area contributed by atoms with E-state index < -0.39 is 0 Å². The maximum Gasteiger partial charge on any atom is 0.273 e. The largest absolute Gasteiger partial charge is 0.459 e. The minimum atomic E-state index is -0.173. The van der Waals surface area contributed by atoms with E-state index in [0.29, 0.717) is 12.2 Å². The van der Waals surface area contributed by atoms with Crippen LogP contribution >= 0.6 is 0 Å². The van der Waals surface area contributed by atoms with Gasteiger partial charge in [-0.15, -0.1) is 0 Å². The van der Waals surface area contributed by atoms with E-state index >= 15 is 0 Å². The predicted molar refractivity (Wildman–Crippen MR) is 103 cm³/mol. The Morgan fingerprint density at radius 3 is 2.54 bits per heavy atom. The van der Waals surface area contributed by atoms with E-state index in [1.165, 1.54) is 0 Å². The van der Waals surface area contributed by atoms with Crippen LogP contribution in [0.15, 0.2) is 71.1 Å². The molecule has 1 amide bonds. The van der Waals surface area contributed by atoms with Crippen molar-refractivity contribution >= 4 is 27.8 Å². The molecule has 4 heteroatoms. The molecule has 0 aliphatic rings. The maximum absolute atomic E-state index is 13.1. The summed E-state index contributed by atoms with van der Waals surface area (Å²) in [6.07, 6.45) is 0. The average molecular weight is 344 g/mol. The first-order valence-electron chi connectivity index (χ1n) is 8.82. The molecular weight excluding hydrogens is 324 g/mol. The van der Waals surface area contributed by atoms with Crippen molar-refractivity contribution in [3.05, 3.63) is 78.2 Å². The van der Waals surface area contributed by atoms with E-state index in [9.17, 15) is 4.79 Å². The van der Waals surface area contributed by atoms with Gasteiger partial charge >= 0.3 is 0 Å². The summed E-state index contributed by atoms with van der Waals surface area (Å²) in [5.74, 6) is 0.688. The molecule has 0 N–H and O–H groups in total. The summed E-state index contributed by atoms with van der Waals surface area (Å²) in [6, 6.07) is 21.2. The summed E-state index contributed by atoms with van der Waals surface area (Å²) < 4.78 is 5.95. The molecule has 1 atom stereocenters. The third-order valence-corrected chi connectivity index (χ3v) is 4.74. The van der Waals surface area contributed by atoms with Crippen molar-refractivity contribution in [2.45, 2.75) is 19.9 Å². The number of nitrogens with zero attached hydrogens (tertiary/aromatic N) is 2. The molecule has 0 saturated carbocycles. The van der Waals surface area contributed by atoms with E-state index in [-0.39, 0.29) is 11.9 Å². The molecule has 0 saturated heterocycles. The normalized spacial score (nSPS) is 12.4. The third kappa shape index (κ3) is 2.84. The Morgan fingerprint density at radius 1 is 1.04 bits per heavy atom. The second-order valence-electron chi connectivity index (χ2n) is 6.34. The minimum Gasteiger partial charge on any atom is -0.459 e. The number of amides is 1. The fourth-order valence-corrected chi connectivity index (χ4v) is 3.29. The Labute approximate surface area is 152 Å². The lowest BCUT2D eigenvalue weighted by atomic mass is 10.1. The van der Waals surface area contributed by atoms with Crippen molar-refractivity contribution in [2.75, 3.05) is 6.54 Å². The lowest BCUT2D eigenvalue weighted by Crippen LogP contribution is -2.33. The highest BCUT2D eigenvalue weighted by atomic mass is 16.3. The molecule has 0 bridgehead atoms. The highest BCUT2D eigenvalue weighted by Gasteiger charge is 2.25. The molecule has 4 aromatic rings. The van der Waals surface area contributed by atoms with Gasteiger partial charge in [0.1, 0.15) is 17.0 Å². The fraction of sp³-hybridized carbons (Fsp3) is 0.182. The Morgan fingerprint density at radius 2 is 1.77 bits per heavy atom. The number of hydrogen-bond acceptors (Lipinski definition) is 3. The summed E-state index contributed by atoms with van der Waals surface area (Å²) in [4.78, 5) is 19.4. The van der Waals surface area contributed by atoms with Crippen LogP contribution in [0, 0.1) is 0 Å². The second-order valence-corrected chi connectivity index (χ2v) is 6.34. The van der Waals surface area contributed by atoms with Gasteiger partial charge in [0.15, 0.2) is 0 Å². The zero-order valence-corrected chi connectivity index (χ0v) is 14.8. The van der Waals surface area contributed by atoms with Gasteiger partial charge in [0, 0.05) is 17.3 Å². The first-order chi connectivity index (χ1) is 12.7. The molecule has 2 aromatic heterocycles. The Kier molecular flexibility index (Phi) is 4.17. The van der Waals surface area contributed by atoms with Crippen molar-refractivity contribution in [1.29, 1.82) is 0 Å². The van der Waals surface area contributed by atoms with Crippen molar-refractivity contribution in [3.63, 3.8) is 0 Å². The number of pyridine rings is 1. The van der Waals surface area contributed by atoms with Gasteiger partial charge in [-0.2, -0.15) is 0 Å². The molecule has 0 spiro atoms. The highest BCUT2D eigenvalue weighted by molar-refractivity contribution is 5.95. The molecule has 130 valence electrons. The summed E-state index contributed by atoms with van der Waals surface area (Å²) in [7, 11) is 0. The Balaban J connectivity index is 1.67. The molecule has 2 heterocycles. The van der Waals surface area contributed by atoms with Crippen LogP contribution in [0.2, 0.25) is 0 Å². The standard InChI is InChI=1S/C22H20N2O2/c1-3-24(15(2)21-14-17-9-5-7-11-20(17)26-21)22(25)19-13-12-16-8-4-6-10-18(16)23-19/h4-15H,3H2,1-2H3/t15-/m0/s1.